The van der Waals surface area contributed by atoms with Crippen molar-refractivity contribution in [2.75, 3.05) is 25.1 Å². The van der Waals surface area contributed by atoms with Crippen molar-refractivity contribution in [3.8, 4) is 11.5 Å². The molecule has 0 aliphatic heterocycles. The highest BCUT2D eigenvalue weighted by molar-refractivity contribution is 7.92. The van der Waals surface area contributed by atoms with Gasteiger partial charge in [0.15, 0.2) is 11.5 Å². The Kier molecular flexibility index (Phi) is 11.2. The number of hydrogen-bond acceptors (Lipinski definition) is 6. The summed E-state index contributed by atoms with van der Waals surface area (Å²) in [6.07, 6.45) is 0.275. The van der Waals surface area contributed by atoms with Crippen LogP contribution >= 0.6 is 11.6 Å². The van der Waals surface area contributed by atoms with Gasteiger partial charge in [0, 0.05) is 23.7 Å². The Balaban J connectivity index is 2.09. The predicted octanol–water partition coefficient (Wildman–Crippen LogP) is 5.02. The molecular weight excluding hydrogens is 585 g/mol. The van der Waals surface area contributed by atoms with Crippen LogP contribution in [-0.2, 0) is 26.2 Å². The van der Waals surface area contributed by atoms with Gasteiger partial charge < -0.3 is 19.7 Å². The number of anilines is 1. The molecule has 9 nitrogen and oxygen atoms in total. The van der Waals surface area contributed by atoms with Crippen molar-refractivity contribution in [1.29, 1.82) is 0 Å². The van der Waals surface area contributed by atoms with E-state index in [9.17, 15) is 22.4 Å². The summed E-state index contributed by atoms with van der Waals surface area (Å²) in [6.45, 7) is 4.74. The molecule has 0 radical (unpaired) electrons. The smallest absolute Gasteiger partial charge is 0.264 e. The molecule has 0 fully saturated rings. The highest BCUT2D eigenvalue weighted by Crippen LogP contribution is 2.32. The maximum absolute atomic E-state index is 14.1. The summed E-state index contributed by atoms with van der Waals surface area (Å²) in [5.41, 5.74) is 0.755. The molecule has 3 aromatic rings. The molecule has 3 rings (SSSR count). The topological polar surface area (TPSA) is 105 Å². The van der Waals surface area contributed by atoms with Crippen molar-refractivity contribution < 1.29 is 31.9 Å². The molecule has 1 N–H and O–H groups in total. The molecule has 0 saturated carbocycles. The van der Waals surface area contributed by atoms with E-state index in [1.807, 2.05) is 13.8 Å². The summed E-state index contributed by atoms with van der Waals surface area (Å²) in [4.78, 5) is 28.4. The van der Waals surface area contributed by atoms with Crippen molar-refractivity contribution in [2.24, 2.45) is 0 Å². The van der Waals surface area contributed by atoms with Gasteiger partial charge in [0.1, 0.15) is 18.4 Å². The van der Waals surface area contributed by atoms with Gasteiger partial charge in [-0.25, -0.2) is 12.8 Å². The van der Waals surface area contributed by atoms with E-state index < -0.39 is 34.3 Å². The van der Waals surface area contributed by atoms with Crippen LogP contribution in [0, 0.1) is 5.82 Å². The second-order valence-electron chi connectivity index (χ2n) is 9.74. The Morgan fingerprint density at radius 1 is 0.952 bits per heavy atom. The molecule has 0 spiro atoms. The number of amides is 2. The molecule has 42 heavy (non-hydrogen) atoms. The van der Waals surface area contributed by atoms with Crippen LogP contribution in [0.4, 0.5) is 10.1 Å². The van der Waals surface area contributed by atoms with Crippen LogP contribution in [0.25, 0.3) is 0 Å². The molecule has 12 heteroatoms. The average molecular weight is 620 g/mol. The number of halogens is 2. The standard InChI is InChI=1S/C30H35ClFN3O6S/c1-6-26(30(37)33-20(2)3)34(18-21-7-9-22(31)10-8-21)29(36)19-35(24-13-11-23(32)12-14-24)42(38,39)25-15-16-27(40-4)28(17-25)41-5/h7-17,20,26H,6,18-19H2,1-5H3,(H,33,37)/t26-/m0/s1. The summed E-state index contributed by atoms with van der Waals surface area (Å²) in [7, 11) is -1.60. The molecular formula is C30H35ClFN3O6S. The van der Waals surface area contributed by atoms with Gasteiger partial charge in [0.2, 0.25) is 11.8 Å². The lowest BCUT2D eigenvalue weighted by atomic mass is 10.1. The fraction of sp³-hybridized carbons (Fsp3) is 0.333. The molecule has 3 aromatic carbocycles. The van der Waals surface area contributed by atoms with Gasteiger partial charge in [0.05, 0.1) is 24.8 Å². The number of rotatable bonds is 13. The van der Waals surface area contributed by atoms with E-state index in [1.54, 1.807) is 31.2 Å². The van der Waals surface area contributed by atoms with E-state index in [4.69, 9.17) is 21.1 Å². The van der Waals surface area contributed by atoms with Gasteiger partial charge in [-0.15, -0.1) is 0 Å². The number of benzene rings is 3. The fourth-order valence-electron chi connectivity index (χ4n) is 4.33. The van der Waals surface area contributed by atoms with E-state index in [0.717, 1.165) is 16.4 Å². The molecule has 0 heterocycles. The predicted molar refractivity (Wildman–Crippen MR) is 160 cm³/mol. The first-order valence-electron chi connectivity index (χ1n) is 13.3. The zero-order chi connectivity index (χ0) is 31.0. The quantitative estimate of drug-likeness (QED) is 0.288. The normalized spacial score (nSPS) is 12.0. The summed E-state index contributed by atoms with van der Waals surface area (Å²) < 4.78 is 53.3. The van der Waals surface area contributed by atoms with Gasteiger partial charge >= 0.3 is 0 Å². The summed E-state index contributed by atoms with van der Waals surface area (Å²) >= 11 is 6.04. The number of nitrogens with one attached hydrogen (secondary N) is 1. The third-order valence-electron chi connectivity index (χ3n) is 6.42. The zero-order valence-electron chi connectivity index (χ0n) is 24.1. The van der Waals surface area contributed by atoms with Gasteiger partial charge in [-0.2, -0.15) is 0 Å². The number of hydrogen-bond donors (Lipinski definition) is 1. The fourth-order valence-corrected chi connectivity index (χ4v) is 5.88. The molecule has 0 aliphatic carbocycles. The van der Waals surface area contributed by atoms with Crippen LogP contribution in [0.3, 0.4) is 0 Å². The first-order chi connectivity index (χ1) is 19.9. The Labute approximate surface area is 251 Å². The summed E-state index contributed by atoms with van der Waals surface area (Å²) in [5.74, 6) is -1.09. The second kappa shape index (κ2) is 14.4. The summed E-state index contributed by atoms with van der Waals surface area (Å²) in [5, 5.41) is 3.35. The molecule has 0 aliphatic rings. The van der Waals surface area contributed by atoms with Gasteiger partial charge in [-0.3, -0.25) is 13.9 Å². The van der Waals surface area contributed by atoms with Crippen molar-refractivity contribution >= 4 is 39.1 Å². The van der Waals surface area contributed by atoms with E-state index in [-0.39, 0.29) is 41.2 Å². The number of carbonyl (C=O) groups excluding carboxylic acids is 2. The largest absolute Gasteiger partial charge is 0.493 e. The Hall–Kier alpha value is -3.83. The van der Waals surface area contributed by atoms with Gasteiger partial charge in [-0.05, 0) is 74.4 Å². The lowest BCUT2D eigenvalue weighted by molar-refractivity contribution is -0.140. The zero-order valence-corrected chi connectivity index (χ0v) is 25.7. The number of nitrogens with zero attached hydrogens (tertiary/aromatic N) is 2. The van der Waals surface area contributed by atoms with E-state index in [0.29, 0.717) is 16.3 Å². The lowest BCUT2D eigenvalue weighted by Gasteiger charge is -2.33. The number of sulfonamides is 1. The first kappa shape index (κ1) is 32.7. The van der Waals surface area contributed by atoms with Crippen molar-refractivity contribution in [3.05, 3.63) is 83.1 Å². The molecule has 0 bridgehead atoms. The molecule has 0 aromatic heterocycles. The minimum Gasteiger partial charge on any atom is -0.493 e. The monoisotopic (exact) mass is 619 g/mol. The van der Waals surface area contributed by atoms with Crippen LogP contribution in [0.2, 0.25) is 5.02 Å². The second-order valence-corrected chi connectivity index (χ2v) is 12.0. The van der Waals surface area contributed by atoms with Crippen LogP contribution in [0.15, 0.2) is 71.6 Å². The lowest BCUT2D eigenvalue weighted by Crippen LogP contribution is -2.53. The van der Waals surface area contributed by atoms with E-state index in [1.165, 1.54) is 49.5 Å². The Morgan fingerprint density at radius 3 is 2.12 bits per heavy atom. The molecule has 226 valence electrons. The van der Waals surface area contributed by atoms with Gasteiger partial charge in [0.25, 0.3) is 10.0 Å². The number of ether oxygens (including phenoxy) is 2. The molecule has 0 unspecified atom stereocenters. The van der Waals surface area contributed by atoms with E-state index in [2.05, 4.69) is 5.32 Å². The van der Waals surface area contributed by atoms with Crippen molar-refractivity contribution in [3.63, 3.8) is 0 Å². The van der Waals surface area contributed by atoms with Gasteiger partial charge in [-0.1, -0.05) is 30.7 Å². The van der Waals surface area contributed by atoms with Crippen LogP contribution in [-0.4, -0.2) is 58.0 Å². The van der Waals surface area contributed by atoms with Crippen LogP contribution < -0.4 is 19.1 Å². The number of methoxy groups -OCH3 is 2. The maximum atomic E-state index is 14.1. The molecule has 1 atom stereocenters. The average Bonchev–Trinajstić information content (AvgIpc) is 2.96. The highest BCUT2D eigenvalue weighted by Gasteiger charge is 2.34. The highest BCUT2D eigenvalue weighted by atomic mass is 35.5. The van der Waals surface area contributed by atoms with Crippen LogP contribution in [0.5, 0.6) is 11.5 Å². The summed E-state index contributed by atoms with van der Waals surface area (Å²) in [6, 6.07) is 14.5. The molecule has 2 amide bonds. The van der Waals surface area contributed by atoms with Crippen molar-refractivity contribution in [1.82, 2.24) is 10.2 Å². The van der Waals surface area contributed by atoms with Crippen LogP contribution in [0.1, 0.15) is 32.8 Å². The minimum atomic E-state index is -4.39. The molecule has 0 saturated heterocycles. The van der Waals surface area contributed by atoms with Crippen molar-refractivity contribution in [2.45, 2.75) is 50.7 Å². The third kappa shape index (κ3) is 7.92. The Morgan fingerprint density at radius 2 is 1.57 bits per heavy atom. The Bertz CT molecular complexity index is 1480. The minimum absolute atomic E-state index is 0.0215. The SMILES string of the molecule is CC[C@@H](C(=O)NC(C)C)N(Cc1ccc(Cl)cc1)C(=O)CN(c1ccc(F)cc1)S(=O)(=O)c1ccc(OC)c(OC)c1. The maximum Gasteiger partial charge on any atom is 0.264 e. The van der Waals surface area contributed by atoms with E-state index >= 15 is 0 Å². The number of carbonyl (C=O) groups is 2. The third-order valence-corrected chi connectivity index (χ3v) is 8.44. The first-order valence-corrected chi connectivity index (χ1v) is 15.1.